The molecular weight excluding hydrogens is 383 g/mol. The van der Waals surface area contributed by atoms with E-state index >= 15 is 0 Å². The van der Waals surface area contributed by atoms with Crippen LogP contribution in [0.5, 0.6) is 0 Å². The lowest BCUT2D eigenvalue weighted by Gasteiger charge is -2.09. The molecule has 0 aliphatic heterocycles. The Balaban J connectivity index is 2.30. The number of alkyl halides is 1. The van der Waals surface area contributed by atoms with Crippen LogP contribution in [0.1, 0.15) is 11.4 Å². The second-order valence-electron chi connectivity index (χ2n) is 4.77. The van der Waals surface area contributed by atoms with Gasteiger partial charge in [-0.2, -0.15) is 0 Å². The standard InChI is InChI=1S/C16H14ClIN2/c1-11-5-6-14-15(9-11)20(16(19-14)7-8-17)13-4-2-3-12(18)10-13/h2-6,9-10H,7-8H2,1H3. The molecular formula is C16H14ClIN2. The van der Waals surface area contributed by atoms with Crippen molar-refractivity contribution in [3.05, 3.63) is 57.4 Å². The minimum Gasteiger partial charge on any atom is -0.296 e. The van der Waals surface area contributed by atoms with Gasteiger partial charge >= 0.3 is 0 Å². The van der Waals surface area contributed by atoms with Crippen molar-refractivity contribution in [3.63, 3.8) is 0 Å². The van der Waals surface area contributed by atoms with E-state index in [4.69, 9.17) is 16.6 Å². The third-order valence-corrected chi connectivity index (χ3v) is 4.12. The van der Waals surface area contributed by atoms with Crippen LogP contribution < -0.4 is 0 Å². The van der Waals surface area contributed by atoms with Crippen LogP contribution in [0.2, 0.25) is 0 Å². The van der Waals surface area contributed by atoms with Crippen molar-refractivity contribution in [1.82, 2.24) is 9.55 Å². The Labute approximate surface area is 136 Å². The molecule has 1 heterocycles. The van der Waals surface area contributed by atoms with Crippen LogP contribution in [0.4, 0.5) is 0 Å². The Morgan fingerprint density at radius 1 is 1.20 bits per heavy atom. The highest BCUT2D eigenvalue weighted by atomic mass is 127. The van der Waals surface area contributed by atoms with E-state index in [9.17, 15) is 0 Å². The fourth-order valence-corrected chi connectivity index (χ4v) is 3.09. The number of imidazole rings is 1. The number of rotatable bonds is 3. The summed E-state index contributed by atoms with van der Waals surface area (Å²) in [6.07, 6.45) is 0.765. The Hall–Kier alpha value is -1.07. The van der Waals surface area contributed by atoms with E-state index in [1.54, 1.807) is 0 Å². The molecule has 0 saturated heterocycles. The first-order valence-electron chi connectivity index (χ1n) is 6.49. The number of hydrogen-bond acceptors (Lipinski definition) is 1. The second-order valence-corrected chi connectivity index (χ2v) is 6.40. The van der Waals surface area contributed by atoms with Gasteiger partial charge in [-0.1, -0.05) is 12.1 Å². The van der Waals surface area contributed by atoms with Crippen molar-refractivity contribution < 1.29 is 0 Å². The topological polar surface area (TPSA) is 17.8 Å². The third-order valence-electron chi connectivity index (χ3n) is 3.26. The number of benzene rings is 2. The van der Waals surface area contributed by atoms with Crippen LogP contribution in [0.3, 0.4) is 0 Å². The summed E-state index contributed by atoms with van der Waals surface area (Å²) < 4.78 is 3.43. The molecule has 3 rings (SSSR count). The predicted octanol–water partition coefficient (Wildman–Crippen LogP) is 4.72. The minimum atomic E-state index is 0.576. The summed E-state index contributed by atoms with van der Waals surface area (Å²) in [6.45, 7) is 2.10. The van der Waals surface area contributed by atoms with Gasteiger partial charge in [-0.05, 0) is 65.4 Å². The first-order valence-corrected chi connectivity index (χ1v) is 8.10. The SMILES string of the molecule is Cc1ccc2nc(CCCl)n(-c3cccc(I)c3)c2c1. The summed E-state index contributed by atoms with van der Waals surface area (Å²) in [5, 5.41) is 0. The van der Waals surface area contributed by atoms with Gasteiger partial charge in [0, 0.05) is 21.6 Å². The maximum Gasteiger partial charge on any atom is 0.115 e. The number of nitrogens with zero attached hydrogens (tertiary/aromatic N) is 2. The molecule has 0 bridgehead atoms. The molecule has 4 heteroatoms. The summed E-state index contributed by atoms with van der Waals surface area (Å²) in [7, 11) is 0. The van der Waals surface area contributed by atoms with Crippen molar-refractivity contribution in [3.8, 4) is 5.69 Å². The molecule has 0 unspecified atom stereocenters. The zero-order valence-electron chi connectivity index (χ0n) is 11.1. The molecule has 0 spiro atoms. The molecule has 0 atom stereocenters. The van der Waals surface area contributed by atoms with Crippen LogP contribution in [-0.4, -0.2) is 15.4 Å². The van der Waals surface area contributed by atoms with Gasteiger partial charge in [0.05, 0.1) is 11.0 Å². The van der Waals surface area contributed by atoms with Gasteiger partial charge in [0.1, 0.15) is 5.82 Å². The number of hydrogen-bond donors (Lipinski definition) is 0. The van der Waals surface area contributed by atoms with Crippen LogP contribution in [0.15, 0.2) is 42.5 Å². The first kappa shape index (κ1) is 13.9. The highest BCUT2D eigenvalue weighted by Crippen LogP contribution is 2.24. The van der Waals surface area contributed by atoms with E-state index in [-0.39, 0.29) is 0 Å². The summed E-state index contributed by atoms with van der Waals surface area (Å²) >= 11 is 8.26. The number of fused-ring (bicyclic) bond motifs is 1. The molecule has 0 N–H and O–H groups in total. The molecule has 0 amide bonds. The van der Waals surface area contributed by atoms with E-state index in [1.165, 1.54) is 9.13 Å². The zero-order chi connectivity index (χ0) is 14.1. The van der Waals surface area contributed by atoms with E-state index in [0.29, 0.717) is 5.88 Å². The van der Waals surface area contributed by atoms with E-state index in [2.05, 4.69) is 76.5 Å². The van der Waals surface area contributed by atoms with E-state index in [1.807, 2.05) is 0 Å². The maximum absolute atomic E-state index is 5.93. The predicted molar refractivity (Wildman–Crippen MR) is 92.9 cm³/mol. The van der Waals surface area contributed by atoms with Crippen molar-refractivity contribution >= 4 is 45.2 Å². The Bertz CT molecular complexity index is 764. The lowest BCUT2D eigenvalue weighted by Crippen LogP contribution is -2.02. The first-order chi connectivity index (χ1) is 9.69. The Morgan fingerprint density at radius 2 is 2.05 bits per heavy atom. The van der Waals surface area contributed by atoms with Gasteiger partial charge in [0.25, 0.3) is 0 Å². The number of halogens is 2. The highest BCUT2D eigenvalue weighted by molar-refractivity contribution is 14.1. The number of aromatic nitrogens is 2. The lowest BCUT2D eigenvalue weighted by atomic mass is 10.2. The fourth-order valence-electron chi connectivity index (χ4n) is 2.39. The van der Waals surface area contributed by atoms with Crippen molar-refractivity contribution in [1.29, 1.82) is 0 Å². The molecule has 20 heavy (non-hydrogen) atoms. The Morgan fingerprint density at radius 3 is 2.80 bits per heavy atom. The van der Waals surface area contributed by atoms with Crippen molar-refractivity contribution in [2.75, 3.05) is 5.88 Å². The van der Waals surface area contributed by atoms with E-state index < -0.39 is 0 Å². The zero-order valence-corrected chi connectivity index (χ0v) is 14.0. The van der Waals surface area contributed by atoms with Crippen LogP contribution in [0.25, 0.3) is 16.7 Å². The molecule has 0 saturated carbocycles. The average Bonchev–Trinajstić information content (AvgIpc) is 2.76. The van der Waals surface area contributed by atoms with Gasteiger partial charge in [-0.3, -0.25) is 4.57 Å². The maximum atomic E-state index is 5.93. The van der Waals surface area contributed by atoms with Crippen LogP contribution in [0, 0.1) is 10.5 Å². The largest absolute Gasteiger partial charge is 0.296 e. The molecule has 102 valence electrons. The third kappa shape index (κ3) is 2.56. The van der Waals surface area contributed by atoms with Gasteiger partial charge in [0.2, 0.25) is 0 Å². The van der Waals surface area contributed by atoms with Crippen molar-refractivity contribution in [2.24, 2.45) is 0 Å². The molecule has 0 aliphatic rings. The molecule has 2 aromatic carbocycles. The van der Waals surface area contributed by atoms with Gasteiger partial charge in [-0.25, -0.2) is 4.98 Å². The quantitative estimate of drug-likeness (QED) is 0.463. The molecule has 0 radical (unpaired) electrons. The lowest BCUT2D eigenvalue weighted by molar-refractivity contribution is 0.911. The summed E-state index contributed by atoms with van der Waals surface area (Å²) in [5.74, 6) is 1.59. The van der Waals surface area contributed by atoms with Gasteiger partial charge in [0.15, 0.2) is 0 Å². The summed E-state index contributed by atoms with van der Waals surface area (Å²) in [5.41, 5.74) is 4.55. The molecule has 0 fully saturated rings. The normalized spacial score (nSPS) is 11.2. The molecule has 1 aromatic heterocycles. The second kappa shape index (κ2) is 5.74. The molecule has 0 aliphatic carbocycles. The van der Waals surface area contributed by atoms with E-state index in [0.717, 1.165) is 29.0 Å². The fraction of sp³-hybridized carbons (Fsp3) is 0.188. The number of aryl methyl sites for hydroxylation is 2. The smallest absolute Gasteiger partial charge is 0.115 e. The van der Waals surface area contributed by atoms with Gasteiger partial charge in [-0.15, -0.1) is 11.6 Å². The van der Waals surface area contributed by atoms with Crippen LogP contribution >= 0.6 is 34.2 Å². The summed E-state index contributed by atoms with van der Waals surface area (Å²) in [6, 6.07) is 14.8. The monoisotopic (exact) mass is 396 g/mol. The highest BCUT2D eigenvalue weighted by Gasteiger charge is 2.12. The molecule has 3 aromatic rings. The summed E-state index contributed by atoms with van der Waals surface area (Å²) in [4.78, 5) is 4.73. The van der Waals surface area contributed by atoms with Gasteiger partial charge < -0.3 is 0 Å². The minimum absolute atomic E-state index is 0.576. The van der Waals surface area contributed by atoms with Crippen LogP contribution in [-0.2, 0) is 6.42 Å². The Kier molecular flexibility index (Phi) is 3.98. The van der Waals surface area contributed by atoms with Crippen molar-refractivity contribution in [2.45, 2.75) is 13.3 Å². The molecule has 2 nitrogen and oxygen atoms in total. The average molecular weight is 397 g/mol.